The van der Waals surface area contributed by atoms with Crippen molar-refractivity contribution in [2.75, 3.05) is 18.8 Å². The van der Waals surface area contributed by atoms with Gasteiger partial charge in [0.05, 0.1) is 12.4 Å². The molecule has 1 atom stereocenters. The molecule has 3 rings (SSSR count). The van der Waals surface area contributed by atoms with Gasteiger partial charge in [0.1, 0.15) is 0 Å². The van der Waals surface area contributed by atoms with Crippen LogP contribution in [0.2, 0.25) is 0 Å². The maximum atomic E-state index is 4.47. The molecule has 78 valence electrons. The van der Waals surface area contributed by atoms with E-state index < -0.39 is 0 Å². The maximum Gasteiger partial charge on any atom is 0.0970 e. The van der Waals surface area contributed by atoms with Crippen LogP contribution in [0, 0.1) is 0 Å². The van der Waals surface area contributed by atoms with Crippen LogP contribution >= 0.6 is 11.8 Å². The number of aliphatic imine (C=N–C) groups is 1. The van der Waals surface area contributed by atoms with E-state index in [0.29, 0.717) is 5.92 Å². The van der Waals surface area contributed by atoms with Crippen molar-refractivity contribution < 1.29 is 0 Å². The van der Waals surface area contributed by atoms with Gasteiger partial charge >= 0.3 is 0 Å². The number of hydrogen-bond donors (Lipinski definition) is 1. The summed E-state index contributed by atoms with van der Waals surface area (Å²) >= 11 is 1.98. The number of nitrogens with zero attached hydrogens (tertiary/aromatic N) is 1. The van der Waals surface area contributed by atoms with Gasteiger partial charge in [-0.25, -0.2) is 0 Å². The second-order valence-corrected chi connectivity index (χ2v) is 5.07. The molecule has 15 heavy (non-hydrogen) atoms. The van der Waals surface area contributed by atoms with Crippen LogP contribution < -0.4 is 5.32 Å². The molecule has 0 amide bonds. The topological polar surface area (TPSA) is 24.4 Å². The number of hydrogen-bond acceptors (Lipinski definition) is 3. The fourth-order valence-electron chi connectivity index (χ4n) is 2.22. The molecule has 0 aliphatic carbocycles. The van der Waals surface area contributed by atoms with Crippen LogP contribution in [0.5, 0.6) is 0 Å². The maximum absolute atomic E-state index is 4.47. The van der Waals surface area contributed by atoms with E-state index in [4.69, 9.17) is 0 Å². The van der Waals surface area contributed by atoms with E-state index in [0.717, 1.165) is 19.5 Å². The molecule has 3 heteroatoms. The third-order valence-electron chi connectivity index (χ3n) is 2.98. The van der Waals surface area contributed by atoms with E-state index in [1.807, 2.05) is 11.8 Å². The summed E-state index contributed by atoms with van der Waals surface area (Å²) in [6, 6.07) is 8.75. The van der Waals surface area contributed by atoms with Crippen molar-refractivity contribution in [1.29, 1.82) is 0 Å². The Kier molecular flexibility index (Phi) is 2.41. The van der Waals surface area contributed by atoms with Crippen molar-refractivity contribution in [2.45, 2.75) is 17.2 Å². The lowest BCUT2D eigenvalue weighted by molar-refractivity contribution is 0.802. The van der Waals surface area contributed by atoms with Crippen LogP contribution in [0.4, 0.5) is 0 Å². The molecule has 2 heterocycles. The number of amidine groups is 1. The minimum absolute atomic E-state index is 0.663. The van der Waals surface area contributed by atoms with Gasteiger partial charge in [0.2, 0.25) is 0 Å². The van der Waals surface area contributed by atoms with Gasteiger partial charge in [0, 0.05) is 29.5 Å². The molecule has 2 aliphatic heterocycles. The zero-order chi connectivity index (χ0) is 10.1. The van der Waals surface area contributed by atoms with Gasteiger partial charge in [0.25, 0.3) is 0 Å². The monoisotopic (exact) mass is 218 g/mol. The molecule has 2 aliphatic rings. The van der Waals surface area contributed by atoms with Gasteiger partial charge in [-0.2, -0.15) is 0 Å². The Morgan fingerprint density at radius 2 is 2.33 bits per heavy atom. The summed E-state index contributed by atoms with van der Waals surface area (Å²) in [5, 5.41) is 3.36. The Bertz CT molecular complexity index is 400. The van der Waals surface area contributed by atoms with E-state index >= 15 is 0 Å². The van der Waals surface area contributed by atoms with Crippen molar-refractivity contribution in [3.63, 3.8) is 0 Å². The van der Waals surface area contributed by atoms with Crippen molar-refractivity contribution in [1.82, 2.24) is 5.32 Å². The third-order valence-corrected chi connectivity index (χ3v) is 4.23. The van der Waals surface area contributed by atoms with Crippen molar-refractivity contribution in [3.05, 3.63) is 29.8 Å². The number of benzene rings is 1. The summed E-state index contributed by atoms with van der Waals surface area (Å²) in [7, 11) is 0. The summed E-state index contributed by atoms with van der Waals surface area (Å²) in [6.07, 6.45) is 1.09. The number of nitrogens with one attached hydrogen (secondary N) is 1. The molecule has 1 unspecified atom stereocenters. The van der Waals surface area contributed by atoms with Gasteiger partial charge < -0.3 is 5.32 Å². The SMILES string of the molecule is c1ccc2c(c1)SCC2CC1=NCCN1. The van der Waals surface area contributed by atoms with Crippen LogP contribution in [0.25, 0.3) is 0 Å². The molecule has 0 aromatic heterocycles. The van der Waals surface area contributed by atoms with Gasteiger partial charge in [-0.15, -0.1) is 11.8 Å². The summed E-state index contributed by atoms with van der Waals surface area (Å²) in [4.78, 5) is 5.93. The minimum Gasteiger partial charge on any atom is -0.372 e. The fourth-order valence-corrected chi connectivity index (χ4v) is 3.47. The second-order valence-electron chi connectivity index (χ2n) is 4.01. The van der Waals surface area contributed by atoms with E-state index in [1.54, 1.807) is 0 Å². The van der Waals surface area contributed by atoms with E-state index in [2.05, 4.69) is 34.6 Å². The molecule has 0 saturated carbocycles. The lowest BCUT2D eigenvalue weighted by atomic mass is 9.97. The normalized spacial score (nSPS) is 23.5. The standard InChI is InChI=1S/C12H14N2S/c1-2-4-11-10(3-1)9(8-15-11)7-12-13-5-6-14-12/h1-4,9H,5-8H2,(H,13,14). The number of fused-ring (bicyclic) bond motifs is 1. The lowest BCUT2D eigenvalue weighted by Crippen LogP contribution is -2.20. The molecular formula is C12H14N2S. The van der Waals surface area contributed by atoms with Crippen LogP contribution in [0.15, 0.2) is 34.2 Å². The Hall–Kier alpha value is -0.960. The van der Waals surface area contributed by atoms with Crippen LogP contribution in [-0.2, 0) is 0 Å². The molecular weight excluding hydrogens is 204 g/mol. The second kappa shape index (κ2) is 3.89. The largest absolute Gasteiger partial charge is 0.372 e. The van der Waals surface area contributed by atoms with Crippen LogP contribution in [0.3, 0.4) is 0 Å². The molecule has 0 spiro atoms. The van der Waals surface area contributed by atoms with Crippen LogP contribution in [0.1, 0.15) is 17.9 Å². The first-order valence-corrected chi connectivity index (χ1v) is 6.41. The quantitative estimate of drug-likeness (QED) is 0.823. The Morgan fingerprint density at radius 3 is 3.20 bits per heavy atom. The average molecular weight is 218 g/mol. The highest BCUT2D eigenvalue weighted by Gasteiger charge is 2.24. The Balaban J connectivity index is 1.79. The fraction of sp³-hybridized carbons (Fsp3) is 0.417. The Labute approximate surface area is 94.2 Å². The highest BCUT2D eigenvalue weighted by Crippen LogP contribution is 2.41. The summed E-state index contributed by atoms with van der Waals surface area (Å²) < 4.78 is 0. The molecule has 2 nitrogen and oxygen atoms in total. The van der Waals surface area contributed by atoms with Crippen molar-refractivity contribution in [2.24, 2.45) is 4.99 Å². The predicted octanol–water partition coefficient (Wildman–Crippen LogP) is 2.27. The van der Waals surface area contributed by atoms with E-state index in [1.165, 1.54) is 22.0 Å². The molecule has 0 saturated heterocycles. The molecule has 0 radical (unpaired) electrons. The van der Waals surface area contributed by atoms with E-state index in [9.17, 15) is 0 Å². The molecule has 1 N–H and O–H groups in total. The first-order chi connectivity index (χ1) is 7.43. The minimum atomic E-state index is 0.663. The highest BCUT2D eigenvalue weighted by atomic mass is 32.2. The molecule has 0 bridgehead atoms. The lowest BCUT2D eigenvalue weighted by Gasteiger charge is -2.10. The smallest absolute Gasteiger partial charge is 0.0970 e. The average Bonchev–Trinajstić information content (AvgIpc) is 2.89. The van der Waals surface area contributed by atoms with Crippen molar-refractivity contribution in [3.8, 4) is 0 Å². The number of rotatable bonds is 2. The summed E-state index contributed by atoms with van der Waals surface area (Å²) in [5.74, 6) is 3.08. The molecule has 1 aromatic carbocycles. The van der Waals surface area contributed by atoms with Crippen molar-refractivity contribution >= 4 is 17.6 Å². The van der Waals surface area contributed by atoms with E-state index in [-0.39, 0.29) is 0 Å². The zero-order valence-corrected chi connectivity index (χ0v) is 9.39. The zero-order valence-electron chi connectivity index (χ0n) is 8.57. The first kappa shape index (κ1) is 9.28. The van der Waals surface area contributed by atoms with Gasteiger partial charge in [0.15, 0.2) is 0 Å². The summed E-state index contributed by atoms with van der Waals surface area (Å²) in [5.41, 5.74) is 1.51. The Morgan fingerprint density at radius 1 is 1.40 bits per heavy atom. The number of thioether (sulfide) groups is 1. The summed E-state index contributed by atoms with van der Waals surface area (Å²) in [6.45, 7) is 1.98. The highest BCUT2D eigenvalue weighted by molar-refractivity contribution is 7.99. The first-order valence-electron chi connectivity index (χ1n) is 5.42. The van der Waals surface area contributed by atoms with Gasteiger partial charge in [-0.3, -0.25) is 4.99 Å². The van der Waals surface area contributed by atoms with Gasteiger partial charge in [-0.1, -0.05) is 18.2 Å². The van der Waals surface area contributed by atoms with Gasteiger partial charge in [-0.05, 0) is 11.6 Å². The molecule has 1 aromatic rings. The predicted molar refractivity (Wildman–Crippen MR) is 64.8 cm³/mol. The third kappa shape index (κ3) is 1.76. The van der Waals surface area contributed by atoms with Crippen LogP contribution in [-0.4, -0.2) is 24.7 Å². The molecule has 0 fully saturated rings.